The fourth-order valence-electron chi connectivity index (χ4n) is 3.05. The molecule has 0 bridgehead atoms. The fourth-order valence-corrected chi connectivity index (χ4v) is 3.05. The maximum Gasteiger partial charge on any atom is 0.0440 e. The van der Waals surface area contributed by atoms with E-state index in [1.807, 2.05) is 12.4 Å². The van der Waals surface area contributed by atoms with Crippen LogP contribution >= 0.6 is 0 Å². The lowest BCUT2D eigenvalue weighted by atomic mass is 10.1. The van der Waals surface area contributed by atoms with Crippen LogP contribution in [0.5, 0.6) is 0 Å². The Labute approximate surface area is 129 Å². The standard InChI is InChI=1S/C17H30N4/c1-14(2)10-19-12-15-11-18-8-7-17(15)21(4)13-16-6-5-9-20(16)3/h7-8,11,14,16,19H,5-6,9-10,12-13H2,1-4H3. The summed E-state index contributed by atoms with van der Waals surface area (Å²) in [6, 6.07) is 2.82. The van der Waals surface area contributed by atoms with Gasteiger partial charge in [-0.25, -0.2) is 0 Å². The van der Waals surface area contributed by atoms with E-state index < -0.39 is 0 Å². The monoisotopic (exact) mass is 290 g/mol. The molecule has 0 aromatic carbocycles. The zero-order valence-corrected chi connectivity index (χ0v) is 14.0. The van der Waals surface area contributed by atoms with Gasteiger partial charge in [0.1, 0.15) is 0 Å². The van der Waals surface area contributed by atoms with Crippen LogP contribution in [0.3, 0.4) is 0 Å². The maximum atomic E-state index is 4.30. The first kappa shape index (κ1) is 16.2. The Bertz CT molecular complexity index is 433. The maximum absolute atomic E-state index is 4.30. The molecule has 1 fully saturated rings. The molecule has 1 aromatic rings. The first-order valence-electron chi connectivity index (χ1n) is 8.13. The van der Waals surface area contributed by atoms with Gasteiger partial charge >= 0.3 is 0 Å². The zero-order valence-electron chi connectivity index (χ0n) is 14.0. The van der Waals surface area contributed by atoms with Crippen molar-refractivity contribution in [2.24, 2.45) is 5.92 Å². The van der Waals surface area contributed by atoms with Crippen LogP contribution in [0.1, 0.15) is 32.3 Å². The predicted octanol–water partition coefficient (Wildman–Crippen LogP) is 2.36. The second kappa shape index (κ2) is 7.76. The molecular weight excluding hydrogens is 260 g/mol. The molecule has 4 nitrogen and oxygen atoms in total. The molecule has 1 N–H and O–H groups in total. The first-order valence-corrected chi connectivity index (χ1v) is 8.13. The van der Waals surface area contributed by atoms with E-state index in [1.54, 1.807) is 0 Å². The smallest absolute Gasteiger partial charge is 0.0440 e. The zero-order chi connectivity index (χ0) is 15.2. The average Bonchev–Trinajstić information content (AvgIpc) is 2.84. The Hall–Kier alpha value is -1.13. The number of likely N-dealkylation sites (tertiary alicyclic amines) is 1. The Morgan fingerprint density at radius 1 is 1.48 bits per heavy atom. The number of hydrogen-bond donors (Lipinski definition) is 1. The Balaban J connectivity index is 1.97. The lowest BCUT2D eigenvalue weighted by Crippen LogP contribution is -2.37. The molecule has 4 heteroatoms. The topological polar surface area (TPSA) is 31.4 Å². The first-order chi connectivity index (χ1) is 10.1. The largest absolute Gasteiger partial charge is 0.373 e. The highest BCUT2D eigenvalue weighted by Crippen LogP contribution is 2.22. The molecule has 1 atom stereocenters. The summed E-state index contributed by atoms with van der Waals surface area (Å²) in [5.74, 6) is 0.676. The molecule has 0 radical (unpaired) electrons. The number of hydrogen-bond acceptors (Lipinski definition) is 4. The van der Waals surface area contributed by atoms with Crippen molar-refractivity contribution in [2.45, 2.75) is 39.3 Å². The molecular formula is C17H30N4. The number of likely N-dealkylation sites (N-methyl/N-ethyl adjacent to an activating group) is 2. The van der Waals surface area contributed by atoms with Crippen molar-refractivity contribution < 1.29 is 0 Å². The van der Waals surface area contributed by atoms with Gasteiger partial charge in [-0.05, 0) is 45.0 Å². The Kier molecular flexibility index (Phi) is 6.00. The highest BCUT2D eigenvalue weighted by molar-refractivity contribution is 5.51. The highest BCUT2D eigenvalue weighted by Gasteiger charge is 2.22. The second-order valence-corrected chi connectivity index (χ2v) is 6.69. The van der Waals surface area contributed by atoms with E-state index >= 15 is 0 Å². The molecule has 21 heavy (non-hydrogen) atoms. The summed E-state index contributed by atoms with van der Waals surface area (Å²) in [6.07, 6.45) is 6.54. The van der Waals surface area contributed by atoms with Crippen LogP contribution in [0.25, 0.3) is 0 Å². The van der Waals surface area contributed by atoms with Crippen molar-refractivity contribution in [3.8, 4) is 0 Å². The van der Waals surface area contributed by atoms with Crippen LogP contribution in [0.2, 0.25) is 0 Å². The van der Waals surface area contributed by atoms with Gasteiger partial charge in [0.15, 0.2) is 0 Å². The van der Waals surface area contributed by atoms with E-state index in [0.29, 0.717) is 12.0 Å². The van der Waals surface area contributed by atoms with Crippen LogP contribution in [-0.4, -0.2) is 49.7 Å². The third-order valence-corrected chi connectivity index (χ3v) is 4.31. The van der Waals surface area contributed by atoms with E-state index in [4.69, 9.17) is 0 Å². The van der Waals surface area contributed by atoms with E-state index in [1.165, 1.54) is 30.6 Å². The molecule has 1 unspecified atom stereocenters. The Morgan fingerprint density at radius 2 is 2.29 bits per heavy atom. The van der Waals surface area contributed by atoms with E-state index in [9.17, 15) is 0 Å². The molecule has 1 aromatic heterocycles. The van der Waals surface area contributed by atoms with Crippen LogP contribution in [-0.2, 0) is 6.54 Å². The lowest BCUT2D eigenvalue weighted by Gasteiger charge is -2.28. The van der Waals surface area contributed by atoms with Gasteiger partial charge in [-0.1, -0.05) is 13.8 Å². The molecule has 2 heterocycles. The lowest BCUT2D eigenvalue weighted by molar-refractivity contribution is 0.314. The number of nitrogens with one attached hydrogen (secondary N) is 1. The third kappa shape index (κ3) is 4.68. The van der Waals surface area contributed by atoms with Gasteiger partial charge < -0.3 is 15.1 Å². The molecule has 1 saturated heterocycles. The van der Waals surface area contributed by atoms with Crippen LogP contribution < -0.4 is 10.2 Å². The number of aromatic nitrogens is 1. The summed E-state index contributed by atoms with van der Waals surface area (Å²) in [4.78, 5) is 9.17. The molecule has 0 saturated carbocycles. The fraction of sp³-hybridized carbons (Fsp3) is 0.706. The number of rotatable bonds is 7. The van der Waals surface area contributed by atoms with E-state index in [0.717, 1.165) is 19.6 Å². The quantitative estimate of drug-likeness (QED) is 0.835. The summed E-state index contributed by atoms with van der Waals surface area (Å²) in [6.45, 7) is 8.74. The molecule has 1 aliphatic heterocycles. The summed E-state index contributed by atoms with van der Waals surface area (Å²) in [5, 5.41) is 3.52. The van der Waals surface area contributed by atoms with Crippen molar-refractivity contribution >= 4 is 5.69 Å². The molecule has 2 rings (SSSR count). The van der Waals surface area contributed by atoms with Gasteiger partial charge in [0.2, 0.25) is 0 Å². The third-order valence-electron chi connectivity index (χ3n) is 4.31. The summed E-state index contributed by atoms with van der Waals surface area (Å²) < 4.78 is 0. The van der Waals surface area contributed by atoms with Crippen LogP contribution in [0, 0.1) is 5.92 Å². The van der Waals surface area contributed by atoms with E-state index in [-0.39, 0.29) is 0 Å². The highest BCUT2D eigenvalue weighted by atomic mass is 15.2. The molecule has 0 spiro atoms. The summed E-state index contributed by atoms with van der Waals surface area (Å²) in [7, 11) is 4.44. The normalized spacial score (nSPS) is 19.4. The van der Waals surface area contributed by atoms with Gasteiger partial charge in [-0.3, -0.25) is 4.98 Å². The van der Waals surface area contributed by atoms with Gasteiger partial charge in [-0.2, -0.15) is 0 Å². The predicted molar refractivity (Wildman–Crippen MR) is 89.7 cm³/mol. The van der Waals surface area contributed by atoms with Gasteiger partial charge in [0.05, 0.1) is 0 Å². The van der Waals surface area contributed by atoms with Crippen molar-refractivity contribution in [2.75, 3.05) is 38.6 Å². The number of pyridine rings is 1. The van der Waals surface area contributed by atoms with Crippen molar-refractivity contribution in [3.63, 3.8) is 0 Å². The minimum atomic E-state index is 0.676. The minimum Gasteiger partial charge on any atom is -0.373 e. The van der Waals surface area contributed by atoms with Crippen molar-refractivity contribution in [1.29, 1.82) is 0 Å². The minimum absolute atomic E-state index is 0.676. The molecule has 0 aliphatic carbocycles. The summed E-state index contributed by atoms with van der Waals surface area (Å²) in [5.41, 5.74) is 2.60. The molecule has 118 valence electrons. The van der Waals surface area contributed by atoms with Crippen molar-refractivity contribution in [3.05, 3.63) is 24.0 Å². The molecule has 1 aliphatic rings. The van der Waals surface area contributed by atoms with Crippen molar-refractivity contribution in [1.82, 2.24) is 15.2 Å². The second-order valence-electron chi connectivity index (χ2n) is 6.69. The van der Waals surface area contributed by atoms with Crippen LogP contribution in [0.4, 0.5) is 5.69 Å². The number of anilines is 1. The number of nitrogens with zero attached hydrogens (tertiary/aromatic N) is 3. The van der Waals surface area contributed by atoms with Gasteiger partial charge in [-0.15, -0.1) is 0 Å². The van der Waals surface area contributed by atoms with Gasteiger partial charge in [0.25, 0.3) is 0 Å². The van der Waals surface area contributed by atoms with E-state index in [2.05, 4.69) is 54.1 Å². The Morgan fingerprint density at radius 3 is 2.95 bits per heavy atom. The van der Waals surface area contributed by atoms with Crippen LogP contribution in [0.15, 0.2) is 18.5 Å². The molecule has 0 amide bonds. The average molecular weight is 290 g/mol. The van der Waals surface area contributed by atoms with Gasteiger partial charge in [0, 0.05) is 49.8 Å². The summed E-state index contributed by atoms with van der Waals surface area (Å²) >= 11 is 0. The SMILES string of the molecule is CC(C)CNCc1cnccc1N(C)CC1CCCN1C.